The number of nitrogens with zero attached hydrogens (tertiary/aromatic N) is 1. The lowest BCUT2D eigenvalue weighted by molar-refractivity contribution is 0.102. The molecule has 0 unspecified atom stereocenters. The molecule has 0 saturated carbocycles. The molecule has 0 saturated heterocycles. The van der Waals surface area contributed by atoms with Crippen molar-refractivity contribution in [3.05, 3.63) is 56.2 Å². The van der Waals surface area contributed by atoms with Gasteiger partial charge in [0.2, 0.25) is 0 Å². The predicted octanol–water partition coefficient (Wildman–Crippen LogP) is 4.71. The molecule has 0 spiro atoms. The third-order valence-electron chi connectivity index (χ3n) is 2.42. The molecular weight excluding hydrogens is 351 g/mol. The maximum atomic E-state index is 12.1. The molecule has 1 heterocycles. The first-order chi connectivity index (χ1) is 8.95. The Hall–Kier alpha value is -1.10. The third kappa shape index (κ3) is 3.69. The fourth-order valence-electron chi connectivity index (χ4n) is 1.54. The number of hydrogen-bond acceptors (Lipinski definition) is 2. The van der Waals surface area contributed by atoms with Gasteiger partial charge in [0.15, 0.2) is 0 Å². The molecule has 2 aromatic rings. The molecule has 1 amide bonds. The number of halogens is 3. The van der Waals surface area contributed by atoms with Crippen LogP contribution in [-0.2, 0) is 0 Å². The average molecular weight is 360 g/mol. The van der Waals surface area contributed by atoms with E-state index in [0.717, 1.165) is 5.69 Å². The molecule has 0 radical (unpaired) electrons. The molecule has 1 aromatic carbocycles. The zero-order valence-electron chi connectivity index (χ0n) is 9.88. The summed E-state index contributed by atoms with van der Waals surface area (Å²) in [5.74, 6) is -0.281. The number of carbonyl (C=O) groups is 1. The van der Waals surface area contributed by atoms with Gasteiger partial charge in [-0.15, -0.1) is 0 Å². The highest BCUT2D eigenvalue weighted by atomic mass is 79.9. The van der Waals surface area contributed by atoms with Crippen LogP contribution < -0.4 is 5.32 Å². The lowest BCUT2D eigenvalue weighted by Crippen LogP contribution is -2.13. The van der Waals surface area contributed by atoms with E-state index in [2.05, 4.69) is 26.2 Å². The van der Waals surface area contributed by atoms with Gasteiger partial charge < -0.3 is 5.32 Å². The third-order valence-corrected chi connectivity index (χ3v) is 3.30. The zero-order valence-corrected chi connectivity index (χ0v) is 13.0. The second kappa shape index (κ2) is 5.90. The molecule has 98 valence electrons. The van der Waals surface area contributed by atoms with Crippen molar-refractivity contribution >= 4 is 50.7 Å². The largest absolute Gasteiger partial charge is 0.320 e. The van der Waals surface area contributed by atoms with Crippen molar-refractivity contribution in [2.75, 3.05) is 5.32 Å². The van der Waals surface area contributed by atoms with E-state index in [-0.39, 0.29) is 5.91 Å². The maximum Gasteiger partial charge on any atom is 0.255 e. The van der Waals surface area contributed by atoms with Crippen molar-refractivity contribution in [2.45, 2.75) is 6.92 Å². The van der Waals surface area contributed by atoms with E-state index in [1.165, 1.54) is 0 Å². The highest BCUT2D eigenvalue weighted by Crippen LogP contribution is 2.21. The number of hydrogen-bond donors (Lipinski definition) is 1. The number of aromatic nitrogens is 1. The summed E-state index contributed by atoms with van der Waals surface area (Å²) >= 11 is 15.0. The van der Waals surface area contributed by atoms with Gasteiger partial charge in [0, 0.05) is 15.6 Å². The van der Waals surface area contributed by atoms with Crippen LogP contribution in [0.3, 0.4) is 0 Å². The highest BCUT2D eigenvalue weighted by molar-refractivity contribution is 9.10. The summed E-state index contributed by atoms with van der Waals surface area (Å²) in [6.07, 6.45) is 0. The molecule has 0 aliphatic heterocycles. The molecule has 3 nitrogen and oxygen atoms in total. The fourth-order valence-corrected chi connectivity index (χ4v) is 2.47. The van der Waals surface area contributed by atoms with Gasteiger partial charge in [-0.25, -0.2) is 4.98 Å². The molecule has 0 atom stereocenters. The van der Waals surface area contributed by atoms with Crippen LogP contribution in [0.15, 0.2) is 34.9 Å². The Kier molecular flexibility index (Phi) is 4.45. The summed E-state index contributed by atoms with van der Waals surface area (Å²) < 4.78 is 0.716. The Morgan fingerprint density at radius 3 is 2.42 bits per heavy atom. The molecule has 0 aliphatic carbocycles. The molecule has 2 rings (SSSR count). The molecule has 1 aromatic heterocycles. The predicted molar refractivity (Wildman–Crippen MR) is 81.1 cm³/mol. The van der Waals surface area contributed by atoms with Crippen molar-refractivity contribution in [2.24, 2.45) is 0 Å². The Bertz CT molecular complexity index is 626. The average Bonchev–Trinajstić information content (AvgIpc) is 2.31. The first-order valence-electron chi connectivity index (χ1n) is 5.36. The van der Waals surface area contributed by atoms with E-state index in [4.69, 9.17) is 23.2 Å². The maximum absolute atomic E-state index is 12.1. The van der Waals surface area contributed by atoms with Gasteiger partial charge in [-0.2, -0.15) is 0 Å². The minimum absolute atomic E-state index is 0.281. The number of pyridine rings is 1. The summed E-state index contributed by atoms with van der Waals surface area (Å²) in [5.41, 5.74) is 1.76. The summed E-state index contributed by atoms with van der Waals surface area (Å²) in [6.45, 7) is 1.81. The lowest BCUT2D eigenvalue weighted by atomic mass is 10.2. The summed E-state index contributed by atoms with van der Waals surface area (Å²) in [6, 6.07) is 8.23. The highest BCUT2D eigenvalue weighted by Gasteiger charge is 2.10. The summed E-state index contributed by atoms with van der Waals surface area (Å²) in [4.78, 5) is 16.3. The first kappa shape index (κ1) is 14.3. The van der Waals surface area contributed by atoms with E-state index >= 15 is 0 Å². The molecule has 19 heavy (non-hydrogen) atoms. The van der Waals surface area contributed by atoms with Crippen LogP contribution in [0.1, 0.15) is 16.1 Å². The van der Waals surface area contributed by atoms with Crippen LogP contribution in [0.25, 0.3) is 0 Å². The van der Waals surface area contributed by atoms with Gasteiger partial charge in [0.1, 0.15) is 4.60 Å². The quantitative estimate of drug-likeness (QED) is 0.789. The molecule has 6 heteroatoms. The van der Waals surface area contributed by atoms with E-state index < -0.39 is 0 Å². The number of anilines is 1. The minimum Gasteiger partial charge on any atom is -0.320 e. The van der Waals surface area contributed by atoms with E-state index in [0.29, 0.717) is 25.9 Å². The lowest BCUT2D eigenvalue weighted by Gasteiger charge is -2.08. The van der Waals surface area contributed by atoms with Gasteiger partial charge in [-0.3, -0.25) is 4.79 Å². The number of carbonyl (C=O) groups excluding carboxylic acids is 1. The SMILES string of the molecule is Cc1nc(Br)ccc1NC(=O)c1cc(Cl)cc(Cl)c1. The first-order valence-corrected chi connectivity index (χ1v) is 6.91. The van der Waals surface area contributed by atoms with Crippen molar-refractivity contribution < 1.29 is 4.79 Å². The van der Waals surface area contributed by atoms with Gasteiger partial charge in [0.25, 0.3) is 5.91 Å². The summed E-state index contributed by atoms with van der Waals surface area (Å²) in [7, 11) is 0. The molecule has 0 fully saturated rings. The molecule has 0 bridgehead atoms. The van der Waals surface area contributed by atoms with Crippen LogP contribution in [0.5, 0.6) is 0 Å². The van der Waals surface area contributed by atoms with Crippen molar-refractivity contribution in [1.29, 1.82) is 0 Å². The Labute approximate surface area is 129 Å². The van der Waals surface area contributed by atoms with Crippen LogP contribution in [0.4, 0.5) is 5.69 Å². The van der Waals surface area contributed by atoms with E-state index in [1.54, 1.807) is 30.3 Å². The number of rotatable bonds is 2. The molecule has 0 aliphatic rings. The Balaban J connectivity index is 2.25. The van der Waals surface area contributed by atoms with Gasteiger partial charge in [-0.1, -0.05) is 23.2 Å². The van der Waals surface area contributed by atoms with Gasteiger partial charge in [-0.05, 0) is 53.2 Å². The Morgan fingerprint density at radius 2 is 1.84 bits per heavy atom. The number of nitrogens with one attached hydrogen (secondary N) is 1. The van der Waals surface area contributed by atoms with Crippen LogP contribution >= 0.6 is 39.1 Å². The van der Waals surface area contributed by atoms with Gasteiger partial charge in [0.05, 0.1) is 11.4 Å². The van der Waals surface area contributed by atoms with Crippen molar-refractivity contribution in [1.82, 2.24) is 4.98 Å². The Morgan fingerprint density at radius 1 is 1.21 bits per heavy atom. The van der Waals surface area contributed by atoms with Crippen molar-refractivity contribution in [3.8, 4) is 0 Å². The standard InChI is InChI=1S/C13H9BrCl2N2O/c1-7-11(2-3-12(14)17-7)18-13(19)8-4-9(15)6-10(16)5-8/h2-6H,1H3,(H,18,19). The van der Waals surface area contributed by atoms with Crippen LogP contribution in [0, 0.1) is 6.92 Å². The van der Waals surface area contributed by atoms with E-state index in [1.807, 2.05) is 6.92 Å². The van der Waals surface area contributed by atoms with Crippen molar-refractivity contribution in [3.63, 3.8) is 0 Å². The molecule has 1 N–H and O–H groups in total. The minimum atomic E-state index is -0.281. The smallest absolute Gasteiger partial charge is 0.255 e. The van der Waals surface area contributed by atoms with Gasteiger partial charge >= 0.3 is 0 Å². The number of aryl methyl sites for hydroxylation is 1. The van der Waals surface area contributed by atoms with E-state index in [9.17, 15) is 4.79 Å². The number of amides is 1. The normalized spacial score (nSPS) is 10.3. The fraction of sp³-hybridized carbons (Fsp3) is 0.0769. The second-order valence-corrected chi connectivity index (χ2v) is 5.56. The zero-order chi connectivity index (χ0) is 14.0. The number of benzene rings is 1. The summed E-state index contributed by atoms with van der Waals surface area (Å²) in [5, 5.41) is 3.61. The molecular formula is C13H9BrCl2N2O. The topological polar surface area (TPSA) is 42.0 Å². The monoisotopic (exact) mass is 358 g/mol. The van der Waals surface area contributed by atoms with Crippen LogP contribution in [0.2, 0.25) is 10.0 Å². The van der Waals surface area contributed by atoms with Crippen LogP contribution in [-0.4, -0.2) is 10.9 Å². The second-order valence-electron chi connectivity index (χ2n) is 3.88.